The molecule has 1 aliphatic carbocycles. The molecule has 0 aliphatic heterocycles. The molecule has 3 aromatic rings. The molecular weight excluding hydrogens is 386 g/mol. The molecule has 4 nitrogen and oxygen atoms in total. The van der Waals surface area contributed by atoms with E-state index in [-0.39, 0.29) is 17.9 Å². The molecule has 150 valence electrons. The number of alkyl halides is 3. The highest BCUT2D eigenvalue weighted by Crippen LogP contribution is 2.43. The van der Waals surface area contributed by atoms with Crippen molar-refractivity contribution in [1.29, 1.82) is 0 Å². The van der Waals surface area contributed by atoms with Crippen molar-refractivity contribution in [2.45, 2.75) is 31.4 Å². The largest absolute Gasteiger partial charge is 0.435 e. The van der Waals surface area contributed by atoms with E-state index in [0.29, 0.717) is 22.5 Å². The highest BCUT2D eigenvalue weighted by Gasteiger charge is 2.38. The SMILES string of the molecule is NC(=O)Cc1ccc(F)c(-c2ccc(-n3nc(C(F)(F)F)cc3C3CC3)cc2)c1. The highest BCUT2D eigenvalue weighted by atomic mass is 19.4. The molecule has 1 heterocycles. The molecule has 2 aromatic carbocycles. The molecule has 0 atom stereocenters. The number of aromatic nitrogens is 2. The summed E-state index contributed by atoms with van der Waals surface area (Å²) in [5.41, 5.74) is 6.67. The summed E-state index contributed by atoms with van der Waals surface area (Å²) in [7, 11) is 0. The van der Waals surface area contributed by atoms with Gasteiger partial charge >= 0.3 is 6.18 Å². The first kappa shape index (κ1) is 19.2. The predicted octanol–water partition coefficient (Wildman–Crippen LogP) is 4.60. The number of nitrogens with two attached hydrogens (primary N) is 1. The van der Waals surface area contributed by atoms with Crippen molar-refractivity contribution in [2.75, 3.05) is 0 Å². The predicted molar refractivity (Wildman–Crippen MR) is 98.8 cm³/mol. The van der Waals surface area contributed by atoms with Gasteiger partial charge < -0.3 is 5.73 Å². The van der Waals surface area contributed by atoms with Gasteiger partial charge in [0.2, 0.25) is 5.91 Å². The molecule has 8 heteroatoms. The number of amides is 1. The Balaban J connectivity index is 1.69. The number of nitrogens with zero attached hydrogens (tertiary/aromatic N) is 2. The van der Waals surface area contributed by atoms with Crippen molar-refractivity contribution in [3.8, 4) is 16.8 Å². The monoisotopic (exact) mass is 403 g/mol. The Morgan fingerprint density at radius 2 is 1.79 bits per heavy atom. The summed E-state index contributed by atoms with van der Waals surface area (Å²) in [6.45, 7) is 0. The first-order chi connectivity index (χ1) is 13.7. The van der Waals surface area contributed by atoms with Gasteiger partial charge in [-0.2, -0.15) is 18.3 Å². The van der Waals surface area contributed by atoms with Crippen LogP contribution in [0.4, 0.5) is 17.6 Å². The van der Waals surface area contributed by atoms with Gasteiger partial charge in [-0.25, -0.2) is 9.07 Å². The summed E-state index contributed by atoms with van der Waals surface area (Å²) in [4.78, 5) is 11.1. The van der Waals surface area contributed by atoms with Crippen LogP contribution < -0.4 is 5.73 Å². The molecule has 1 fully saturated rings. The molecule has 1 aliphatic rings. The minimum atomic E-state index is -4.52. The molecular formula is C21H17F4N3O. The maximum atomic E-state index is 14.3. The fourth-order valence-electron chi connectivity index (χ4n) is 3.30. The third kappa shape index (κ3) is 4.01. The second kappa shape index (κ2) is 7.02. The highest BCUT2D eigenvalue weighted by molar-refractivity contribution is 5.77. The van der Waals surface area contributed by atoms with Crippen molar-refractivity contribution in [2.24, 2.45) is 5.73 Å². The van der Waals surface area contributed by atoms with Crippen LogP contribution in [0.25, 0.3) is 16.8 Å². The Morgan fingerprint density at radius 1 is 1.10 bits per heavy atom. The lowest BCUT2D eigenvalue weighted by Gasteiger charge is -2.10. The van der Waals surface area contributed by atoms with Crippen molar-refractivity contribution in [3.05, 3.63) is 71.3 Å². The van der Waals surface area contributed by atoms with Crippen LogP contribution in [0.15, 0.2) is 48.5 Å². The third-order valence-corrected chi connectivity index (χ3v) is 4.85. The molecule has 0 saturated heterocycles. The van der Waals surface area contributed by atoms with Crippen LogP contribution in [0.5, 0.6) is 0 Å². The number of hydrogen-bond acceptors (Lipinski definition) is 2. The van der Waals surface area contributed by atoms with Gasteiger partial charge in [0, 0.05) is 17.2 Å². The molecule has 1 aromatic heterocycles. The average molecular weight is 403 g/mol. The van der Waals surface area contributed by atoms with Gasteiger partial charge in [0.05, 0.1) is 12.1 Å². The number of halogens is 4. The Kier molecular flexibility index (Phi) is 4.64. The quantitative estimate of drug-likeness (QED) is 0.633. The van der Waals surface area contributed by atoms with Crippen molar-refractivity contribution >= 4 is 5.91 Å². The lowest BCUT2D eigenvalue weighted by atomic mass is 10.0. The van der Waals surface area contributed by atoms with Gasteiger partial charge in [-0.15, -0.1) is 0 Å². The van der Waals surface area contributed by atoms with Gasteiger partial charge in [-0.1, -0.05) is 18.2 Å². The zero-order chi connectivity index (χ0) is 20.8. The van der Waals surface area contributed by atoms with E-state index in [9.17, 15) is 22.4 Å². The zero-order valence-electron chi connectivity index (χ0n) is 15.2. The summed E-state index contributed by atoms with van der Waals surface area (Å²) < 4.78 is 54.8. The number of carbonyl (C=O) groups excluding carboxylic acids is 1. The van der Waals surface area contributed by atoms with E-state index < -0.39 is 23.6 Å². The van der Waals surface area contributed by atoms with Gasteiger partial charge in [0.15, 0.2) is 5.69 Å². The van der Waals surface area contributed by atoms with Crippen LogP contribution in [0.2, 0.25) is 0 Å². The Labute approximate surface area is 164 Å². The van der Waals surface area contributed by atoms with Crippen LogP contribution >= 0.6 is 0 Å². The molecule has 1 saturated carbocycles. The van der Waals surface area contributed by atoms with Gasteiger partial charge in [0.25, 0.3) is 0 Å². The summed E-state index contributed by atoms with van der Waals surface area (Å²) >= 11 is 0. The molecule has 0 radical (unpaired) electrons. The van der Waals surface area contributed by atoms with Crippen LogP contribution in [0.1, 0.15) is 35.7 Å². The summed E-state index contributed by atoms with van der Waals surface area (Å²) in [5.74, 6) is -0.922. The van der Waals surface area contributed by atoms with E-state index in [0.717, 1.165) is 18.9 Å². The lowest BCUT2D eigenvalue weighted by molar-refractivity contribution is -0.141. The average Bonchev–Trinajstić information content (AvgIpc) is 3.40. The molecule has 2 N–H and O–H groups in total. The van der Waals surface area contributed by atoms with Crippen molar-refractivity contribution < 1.29 is 22.4 Å². The molecule has 0 unspecified atom stereocenters. The minimum absolute atomic E-state index is 0.0103. The van der Waals surface area contributed by atoms with Crippen molar-refractivity contribution in [3.63, 3.8) is 0 Å². The number of benzene rings is 2. The number of rotatable bonds is 5. The topological polar surface area (TPSA) is 60.9 Å². The van der Waals surface area contributed by atoms with Crippen LogP contribution in [-0.2, 0) is 17.4 Å². The van der Waals surface area contributed by atoms with Gasteiger partial charge in [0.1, 0.15) is 5.82 Å². The molecule has 4 rings (SSSR count). The fraction of sp³-hybridized carbons (Fsp3) is 0.238. The first-order valence-electron chi connectivity index (χ1n) is 9.07. The fourth-order valence-corrected chi connectivity index (χ4v) is 3.30. The van der Waals surface area contributed by atoms with Crippen LogP contribution in [0.3, 0.4) is 0 Å². The molecule has 1 amide bonds. The molecule has 0 bridgehead atoms. The number of primary amides is 1. The second-order valence-electron chi connectivity index (χ2n) is 7.14. The molecule has 0 spiro atoms. The maximum Gasteiger partial charge on any atom is 0.435 e. The zero-order valence-corrected chi connectivity index (χ0v) is 15.2. The number of carbonyl (C=O) groups is 1. The van der Waals surface area contributed by atoms with E-state index in [4.69, 9.17) is 5.73 Å². The Morgan fingerprint density at radius 3 is 2.38 bits per heavy atom. The first-order valence-corrected chi connectivity index (χ1v) is 9.07. The summed E-state index contributed by atoms with van der Waals surface area (Å²) in [6, 6.07) is 11.8. The normalized spacial score (nSPS) is 14.2. The Hall–Kier alpha value is -3.16. The second-order valence-corrected chi connectivity index (χ2v) is 7.14. The molecule has 29 heavy (non-hydrogen) atoms. The van der Waals surface area contributed by atoms with E-state index in [1.54, 1.807) is 30.3 Å². The maximum absolute atomic E-state index is 14.3. The van der Waals surface area contributed by atoms with Gasteiger partial charge in [-0.05, 0) is 54.3 Å². The third-order valence-electron chi connectivity index (χ3n) is 4.85. The minimum Gasteiger partial charge on any atom is -0.369 e. The Bertz CT molecular complexity index is 1070. The van der Waals surface area contributed by atoms with Crippen molar-refractivity contribution in [1.82, 2.24) is 9.78 Å². The standard InChI is InChI=1S/C21H17F4N3O/c22-17-8-1-12(10-20(26)29)9-16(17)13-4-6-15(7-5-13)28-18(14-2-3-14)11-19(27-28)21(23,24)25/h1,4-9,11,14H,2-3,10H2,(H2,26,29). The number of hydrogen-bond donors (Lipinski definition) is 1. The smallest absolute Gasteiger partial charge is 0.369 e. The van der Waals surface area contributed by atoms with Crippen LogP contribution in [0, 0.1) is 5.82 Å². The van der Waals surface area contributed by atoms with E-state index >= 15 is 0 Å². The lowest BCUT2D eigenvalue weighted by Crippen LogP contribution is -2.13. The van der Waals surface area contributed by atoms with E-state index in [2.05, 4.69) is 5.10 Å². The summed E-state index contributed by atoms with van der Waals surface area (Å²) in [5, 5.41) is 3.75. The van der Waals surface area contributed by atoms with Gasteiger partial charge in [-0.3, -0.25) is 4.79 Å². The van der Waals surface area contributed by atoms with E-state index in [1.165, 1.54) is 16.8 Å². The van der Waals surface area contributed by atoms with E-state index in [1.807, 2.05) is 0 Å². The van der Waals surface area contributed by atoms with Crippen LogP contribution in [-0.4, -0.2) is 15.7 Å². The summed E-state index contributed by atoms with van der Waals surface area (Å²) in [6.07, 6.45) is -2.86.